The van der Waals surface area contributed by atoms with E-state index in [0.717, 1.165) is 57.5 Å². The van der Waals surface area contributed by atoms with Crippen molar-refractivity contribution in [1.29, 1.82) is 0 Å². The molecule has 2 aliphatic rings. The van der Waals surface area contributed by atoms with Crippen molar-refractivity contribution in [2.75, 3.05) is 47.8 Å². The first kappa shape index (κ1) is 24.9. The van der Waals surface area contributed by atoms with Gasteiger partial charge in [-0.2, -0.15) is 0 Å². The van der Waals surface area contributed by atoms with Crippen LogP contribution >= 0.6 is 0 Å². The third-order valence-electron chi connectivity index (χ3n) is 7.19. The van der Waals surface area contributed by atoms with Crippen LogP contribution in [0.15, 0.2) is 53.2 Å². The van der Waals surface area contributed by atoms with Crippen LogP contribution in [0, 0.1) is 6.92 Å². The van der Waals surface area contributed by atoms with Crippen LogP contribution in [0.2, 0.25) is 0 Å². The number of anilines is 3. The quantitative estimate of drug-likeness (QED) is 0.403. The van der Waals surface area contributed by atoms with Crippen LogP contribution in [0.3, 0.4) is 0 Å². The first-order valence-corrected chi connectivity index (χ1v) is 13.3. The van der Waals surface area contributed by atoms with Gasteiger partial charge in [-0.3, -0.25) is 9.59 Å². The lowest BCUT2D eigenvalue weighted by atomic mass is 10.1. The van der Waals surface area contributed by atoms with Gasteiger partial charge in [-0.05, 0) is 56.0 Å². The average Bonchev–Trinajstić information content (AvgIpc) is 3.64. The van der Waals surface area contributed by atoms with Crippen molar-refractivity contribution in [2.24, 2.45) is 0 Å². The molecule has 2 N–H and O–H groups in total. The minimum absolute atomic E-state index is 0.136. The molecule has 3 aromatic rings. The third kappa shape index (κ3) is 5.63. The van der Waals surface area contributed by atoms with Crippen LogP contribution < -0.4 is 20.4 Å². The number of carbonyl (C=O) groups is 2. The molecule has 1 aliphatic carbocycles. The van der Waals surface area contributed by atoms with Crippen molar-refractivity contribution in [3.05, 3.63) is 71.1 Å². The van der Waals surface area contributed by atoms with Crippen LogP contribution in [-0.4, -0.2) is 49.7 Å². The van der Waals surface area contributed by atoms with Gasteiger partial charge in [0.15, 0.2) is 5.76 Å². The molecule has 1 aromatic heterocycles. The van der Waals surface area contributed by atoms with E-state index in [1.807, 2.05) is 12.1 Å². The Hall–Kier alpha value is -3.81. The van der Waals surface area contributed by atoms with Crippen molar-refractivity contribution in [3.8, 4) is 0 Å². The number of carbonyl (C=O) groups excluding carboxylic acids is 2. The summed E-state index contributed by atoms with van der Waals surface area (Å²) in [5.41, 5.74) is 5.06. The molecule has 5 rings (SSSR count). The number of nitrogens with one attached hydrogen (secondary N) is 2. The molecule has 0 atom stereocenters. The highest BCUT2D eigenvalue weighted by Crippen LogP contribution is 2.42. The first-order chi connectivity index (χ1) is 18.0. The number of hydrogen-bond donors (Lipinski definition) is 2. The Balaban J connectivity index is 1.37. The highest BCUT2D eigenvalue weighted by Gasteiger charge is 2.33. The summed E-state index contributed by atoms with van der Waals surface area (Å²) in [4.78, 5) is 30.8. The van der Waals surface area contributed by atoms with Crippen molar-refractivity contribution < 1.29 is 14.1 Å². The summed E-state index contributed by atoms with van der Waals surface area (Å²) in [7, 11) is 0. The zero-order valence-electron chi connectivity index (χ0n) is 21.6. The number of unbranched alkanes of at least 4 members (excludes halogenated alkanes) is 1. The van der Waals surface area contributed by atoms with Crippen LogP contribution in [-0.2, 0) is 0 Å². The van der Waals surface area contributed by atoms with E-state index in [1.54, 1.807) is 6.07 Å². The first-order valence-electron chi connectivity index (χ1n) is 13.3. The van der Waals surface area contributed by atoms with E-state index >= 15 is 0 Å². The van der Waals surface area contributed by atoms with E-state index in [9.17, 15) is 9.59 Å². The van der Waals surface area contributed by atoms with Gasteiger partial charge >= 0.3 is 0 Å². The van der Waals surface area contributed by atoms with E-state index in [0.29, 0.717) is 29.1 Å². The Labute approximate surface area is 218 Å². The number of aromatic nitrogens is 1. The molecule has 0 radical (unpaired) electrons. The summed E-state index contributed by atoms with van der Waals surface area (Å²) < 4.78 is 5.38. The molecule has 8 heteroatoms. The molecular weight excluding hydrogens is 466 g/mol. The highest BCUT2D eigenvalue weighted by atomic mass is 16.5. The fourth-order valence-electron chi connectivity index (χ4n) is 4.89. The minimum Gasteiger partial charge on any atom is -0.368 e. The lowest BCUT2D eigenvalue weighted by molar-refractivity contribution is 0.0951. The molecule has 37 heavy (non-hydrogen) atoms. The number of hydrogen-bond acceptors (Lipinski definition) is 6. The zero-order valence-corrected chi connectivity index (χ0v) is 21.6. The summed E-state index contributed by atoms with van der Waals surface area (Å²) in [5.74, 6) is 0.530. The smallest absolute Gasteiger partial charge is 0.260 e. The largest absolute Gasteiger partial charge is 0.368 e. The molecule has 1 aliphatic heterocycles. The van der Waals surface area contributed by atoms with Gasteiger partial charge in [-0.15, -0.1) is 0 Å². The Morgan fingerprint density at radius 3 is 2.43 bits per heavy atom. The molecular formula is C29H35N5O3. The molecule has 1 saturated heterocycles. The summed E-state index contributed by atoms with van der Waals surface area (Å²) in [6, 6.07) is 14.0. The van der Waals surface area contributed by atoms with Gasteiger partial charge in [0.1, 0.15) is 5.56 Å². The standard InChI is InChI=1S/C29H35N5O3/c1-3-4-13-30-28(35)22-11-12-26(34-16-14-33(15-17-34)25-8-6-5-7-20(25)2)24(18-22)32-29(36)23-19-31-37-27(23)21-9-10-21/h5-8,11-12,18-19,21H,3-4,9-10,13-17H2,1-2H3,(H,30,35)(H,32,36). The normalized spacial score (nSPS) is 15.5. The Morgan fingerprint density at radius 1 is 1.00 bits per heavy atom. The van der Waals surface area contributed by atoms with Crippen molar-refractivity contribution >= 4 is 28.9 Å². The second-order valence-electron chi connectivity index (χ2n) is 9.93. The van der Waals surface area contributed by atoms with E-state index in [1.165, 1.54) is 17.4 Å². The number of para-hydroxylation sites is 1. The minimum atomic E-state index is -0.258. The molecule has 2 heterocycles. The van der Waals surface area contributed by atoms with Crippen LogP contribution in [0.5, 0.6) is 0 Å². The summed E-state index contributed by atoms with van der Waals surface area (Å²) in [6.07, 6.45) is 5.45. The summed E-state index contributed by atoms with van der Waals surface area (Å²) >= 11 is 0. The number of benzene rings is 2. The van der Waals surface area contributed by atoms with Crippen LogP contribution in [0.1, 0.15) is 70.6 Å². The van der Waals surface area contributed by atoms with Gasteiger partial charge in [0, 0.05) is 49.9 Å². The number of amides is 2. The second kappa shape index (κ2) is 11.1. The zero-order chi connectivity index (χ0) is 25.8. The average molecular weight is 502 g/mol. The van der Waals surface area contributed by atoms with Gasteiger partial charge in [-0.25, -0.2) is 0 Å². The number of nitrogens with zero attached hydrogens (tertiary/aromatic N) is 3. The lowest BCUT2D eigenvalue weighted by Gasteiger charge is -2.38. The summed E-state index contributed by atoms with van der Waals surface area (Å²) in [6.45, 7) is 8.21. The fraction of sp³-hybridized carbons (Fsp3) is 0.414. The van der Waals surface area contributed by atoms with E-state index in [-0.39, 0.29) is 17.7 Å². The SMILES string of the molecule is CCCCNC(=O)c1ccc(N2CCN(c3ccccc3C)CC2)c(NC(=O)c2cnoc2C2CC2)c1. The molecule has 194 valence electrons. The van der Waals surface area contributed by atoms with Crippen molar-refractivity contribution in [3.63, 3.8) is 0 Å². The molecule has 2 aromatic carbocycles. The van der Waals surface area contributed by atoms with Gasteiger partial charge < -0.3 is 25.0 Å². The summed E-state index contributed by atoms with van der Waals surface area (Å²) in [5, 5.41) is 9.92. The van der Waals surface area contributed by atoms with Gasteiger partial charge in [0.25, 0.3) is 11.8 Å². The van der Waals surface area contributed by atoms with Crippen LogP contribution in [0.25, 0.3) is 0 Å². The fourth-order valence-corrected chi connectivity index (χ4v) is 4.89. The molecule has 0 unspecified atom stereocenters. The Kier molecular flexibility index (Phi) is 7.44. The molecule has 0 bridgehead atoms. The molecule has 1 saturated carbocycles. The van der Waals surface area contributed by atoms with Gasteiger partial charge in [-0.1, -0.05) is 36.7 Å². The number of aryl methyl sites for hydroxylation is 1. The number of piperazine rings is 1. The van der Waals surface area contributed by atoms with Gasteiger partial charge in [0.2, 0.25) is 0 Å². The second-order valence-corrected chi connectivity index (χ2v) is 9.93. The number of rotatable bonds is 9. The molecule has 2 fully saturated rings. The van der Waals surface area contributed by atoms with E-state index in [2.05, 4.69) is 63.7 Å². The van der Waals surface area contributed by atoms with Crippen LogP contribution in [0.4, 0.5) is 17.1 Å². The predicted octanol–water partition coefficient (Wildman–Crippen LogP) is 4.97. The lowest BCUT2D eigenvalue weighted by Crippen LogP contribution is -2.47. The van der Waals surface area contributed by atoms with Crippen molar-refractivity contribution in [1.82, 2.24) is 10.5 Å². The van der Waals surface area contributed by atoms with Crippen molar-refractivity contribution in [2.45, 2.75) is 45.4 Å². The maximum Gasteiger partial charge on any atom is 0.260 e. The maximum atomic E-state index is 13.3. The third-order valence-corrected chi connectivity index (χ3v) is 7.19. The monoisotopic (exact) mass is 501 g/mol. The Morgan fingerprint density at radius 2 is 1.73 bits per heavy atom. The molecule has 0 spiro atoms. The molecule has 2 amide bonds. The topological polar surface area (TPSA) is 90.7 Å². The predicted molar refractivity (Wildman–Crippen MR) is 146 cm³/mol. The van der Waals surface area contributed by atoms with E-state index < -0.39 is 0 Å². The highest BCUT2D eigenvalue weighted by molar-refractivity contribution is 6.07. The Bertz CT molecular complexity index is 1260. The molecule has 8 nitrogen and oxygen atoms in total. The van der Waals surface area contributed by atoms with E-state index in [4.69, 9.17) is 4.52 Å². The maximum absolute atomic E-state index is 13.3. The van der Waals surface area contributed by atoms with Gasteiger partial charge in [0.05, 0.1) is 17.6 Å².